The number of hydrogen-bond acceptors (Lipinski definition) is 2. The number of rotatable bonds is 4. The lowest BCUT2D eigenvalue weighted by atomic mass is 9.53. The number of hydrogen-bond donors (Lipinski definition) is 0. The van der Waals surface area contributed by atoms with Crippen LogP contribution in [0.5, 0.6) is 0 Å². The van der Waals surface area contributed by atoms with Gasteiger partial charge in [-0.15, -0.1) is 0 Å². The summed E-state index contributed by atoms with van der Waals surface area (Å²) in [6.45, 7) is 2.48. The highest BCUT2D eigenvalue weighted by Gasteiger charge is 2.58. The highest BCUT2D eigenvalue weighted by atomic mass is 32.2. The molecule has 1 heterocycles. The molecule has 0 spiro atoms. The van der Waals surface area contributed by atoms with Crippen LogP contribution in [0.4, 0.5) is 0 Å². The minimum Gasteiger partial charge on any atom is -0.207 e. The molecule has 1 atom stereocenters. The van der Waals surface area contributed by atoms with Gasteiger partial charge in [-0.25, -0.2) is 8.42 Å². The van der Waals surface area contributed by atoms with Crippen molar-refractivity contribution in [2.45, 2.75) is 36.1 Å². The third kappa shape index (κ3) is 2.86. The van der Waals surface area contributed by atoms with E-state index in [9.17, 15) is 8.42 Å². The zero-order chi connectivity index (χ0) is 20.8. The molecule has 3 aromatic rings. The Hall–Kier alpha value is -2.69. The molecule has 30 heavy (non-hydrogen) atoms. The van der Waals surface area contributed by atoms with Crippen molar-refractivity contribution in [2.24, 2.45) is 0 Å². The molecule has 1 saturated carbocycles. The molecule has 5 rings (SSSR count). The molecule has 3 nitrogen and oxygen atoms in total. The first-order chi connectivity index (χ1) is 14.5. The predicted molar refractivity (Wildman–Crippen MR) is 120 cm³/mol. The molecule has 3 aromatic carbocycles. The fraction of sp³-hybridized carbons (Fsp3) is 0.231. The fourth-order valence-electron chi connectivity index (χ4n) is 5.08. The third-order valence-electron chi connectivity index (χ3n) is 6.55. The maximum Gasteiger partial charge on any atom is 0.243 e. The van der Waals surface area contributed by atoms with Gasteiger partial charge in [0.15, 0.2) is 0 Å². The maximum atomic E-state index is 13.7. The van der Waals surface area contributed by atoms with Crippen LogP contribution >= 0.6 is 0 Å². The Balaban J connectivity index is 1.67. The molecule has 0 radical (unpaired) electrons. The van der Waals surface area contributed by atoms with Crippen LogP contribution in [-0.2, 0) is 15.4 Å². The van der Waals surface area contributed by atoms with Gasteiger partial charge in [0.05, 0.1) is 10.9 Å². The lowest BCUT2D eigenvalue weighted by molar-refractivity contribution is 0.180. The second-order valence-corrected chi connectivity index (χ2v) is 10.2. The monoisotopic (exact) mass is 415 g/mol. The van der Waals surface area contributed by atoms with Crippen molar-refractivity contribution in [3.63, 3.8) is 0 Å². The smallest absolute Gasteiger partial charge is 0.207 e. The molecule has 1 aliphatic carbocycles. The molecule has 1 aliphatic heterocycles. The summed E-state index contributed by atoms with van der Waals surface area (Å²) in [5.74, 6) is 0. The predicted octanol–water partition coefficient (Wildman–Crippen LogP) is 5.07. The average Bonchev–Trinajstić information content (AvgIpc) is 2.76. The van der Waals surface area contributed by atoms with E-state index in [0.29, 0.717) is 11.4 Å². The lowest BCUT2D eigenvalue weighted by Crippen LogP contribution is -2.63. The van der Waals surface area contributed by atoms with Gasteiger partial charge in [-0.3, -0.25) is 0 Å². The molecule has 0 amide bonds. The summed E-state index contributed by atoms with van der Waals surface area (Å²) in [6, 6.07) is 27.8. The van der Waals surface area contributed by atoms with E-state index in [1.807, 2.05) is 55.5 Å². The molecule has 1 fully saturated rings. The van der Waals surface area contributed by atoms with E-state index in [-0.39, 0.29) is 11.5 Å². The van der Waals surface area contributed by atoms with Crippen LogP contribution in [0.3, 0.4) is 0 Å². The van der Waals surface area contributed by atoms with Crippen LogP contribution in [0.1, 0.15) is 29.5 Å². The van der Waals surface area contributed by atoms with Gasteiger partial charge in [0.25, 0.3) is 0 Å². The first-order valence-electron chi connectivity index (χ1n) is 10.4. The van der Waals surface area contributed by atoms with Crippen molar-refractivity contribution in [2.75, 3.05) is 6.54 Å². The Labute approximate surface area is 178 Å². The molecule has 0 aromatic heterocycles. The van der Waals surface area contributed by atoms with E-state index in [1.165, 1.54) is 16.7 Å². The van der Waals surface area contributed by atoms with E-state index < -0.39 is 10.0 Å². The molecule has 152 valence electrons. The standard InChI is InChI=1S/C26H25NO2S/c1-20-14-16-24(17-15-20)30(28,29)27-18-8-9-21-19-26(25(21)27,22-10-4-2-5-11-22)23-12-6-3-7-13-23/h2-7,9-17,25H,8,18-19H2,1H3. The van der Waals surface area contributed by atoms with Crippen molar-refractivity contribution < 1.29 is 8.42 Å². The molecule has 4 heteroatoms. The number of benzene rings is 3. The summed E-state index contributed by atoms with van der Waals surface area (Å²) < 4.78 is 29.2. The van der Waals surface area contributed by atoms with Crippen molar-refractivity contribution >= 4 is 10.0 Å². The van der Waals surface area contributed by atoms with Gasteiger partial charge in [0.2, 0.25) is 10.0 Å². The summed E-state index contributed by atoms with van der Waals surface area (Å²) in [5, 5.41) is 0. The highest BCUT2D eigenvalue weighted by molar-refractivity contribution is 7.89. The van der Waals surface area contributed by atoms with Crippen molar-refractivity contribution in [1.82, 2.24) is 4.31 Å². The van der Waals surface area contributed by atoms with E-state index in [0.717, 1.165) is 18.4 Å². The Morgan fingerprint density at radius 3 is 1.97 bits per heavy atom. The Bertz CT molecular complexity index is 1140. The molecule has 0 saturated heterocycles. The van der Waals surface area contributed by atoms with Crippen LogP contribution in [0.15, 0.2) is 101 Å². The van der Waals surface area contributed by atoms with Gasteiger partial charge in [0, 0.05) is 12.0 Å². The number of nitrogens with zero attached hydrogens (tertiary/aromatic N) is 1. The minimum atomic E-state index is -3.60. The largest absolute Gasteiger partial charge is 0.243 e. The van der Waals surface area contributed by atoms with E-state index >= 15 is 0 Å². The number of sulfonamides is 1. The summed E-state index contributed by atoms with van der Waals surface area (Å²) in [5.41, 5.74) is 4.25. The van der Waals surface area contributed by atoms with Gasteiger partial charge in [-0.1, -0.05) is 90.0 Å². The highest BCUT2D eigenvalue weighted by Crippen LogP contribution is 2.56. The van der Waals surface area contributed by atoms with E-state index in [2.05, 4.69) is 30.3 Å². The topological polar surface area (TPSA) is 37.4 Å². The summed E-state index contributed by atoms with van der Waals surface area (Å²) in [6.07, 6.45) is 3.86. The second kappa shape index (κ2) is 7.22. The SMILES string of the molecule is Cc1ccc(S(=O)(=O)N2CCC=C3CC(c4ccccc4)(c4ccccc4)C32)cc1. The van der Waals surface area contributed by atoms with Gasteiger partial charge < -0.3 is 0 Å². The van der Waals surface area contributed by atoms with Gasteiger partial charge in [-0.05, 0) is 43.0 Å². The molecule has 0 bridgehead atoms. The quantitative estimate of drug-likeness (QED) is 0.558. The van der Waals surface area contributed by atoms with E-state index in [4.69, 9.17) is 0 Å². The molecule has 2 aliphatic rings. The lowest BCUT2D eigenvalue weighted by Gasteiger charge is -2.57. The Kier molecular flexibility index (Phi) is 4.64. The fourth-order valence-corrected chi connectivity index (χ4v) is 6.77. The molecule has 1 unspecified atom stereocenters. The Morgan fingerprint density at radius 1 is 0.833 bits per heavy atom. The minimum absolute atomic E-state index is 0.192. The molecular formula is C26H25NO2S. The van der Waals surface area contributed by atoms with Crippen LogP contribution in [-0.4, -0.2) is 25.3 Å². The van der Waals surface area contributed by atoms with Crippen LogP contribution in [0.25, 0.3) is 0 Å². The van der Waals surface area contributed by atoms with Gasteiger partial charge in [-0.2, -0.15) is 4.31 Å². The number of fused-ring (bicyclic) bond motifs is 1. The van der Waals surface area contributed by atoms with Crippen LogP contribution in [0.2, 0.25) is 0 Å². The van der Waals surface area contributed by atoms with Crippen LogP contribution in [0, 0.1) is 6.92 Å². The molecular weight excluding hydrogens is 390 g/mol. The molecule has 0 N–H and O–H groups in total. The van der Waals surface area contributed by atoms with Gasteiger partial charge >= 0.3 is 0 Å². The number of aryl methyl sites for hydroxylation is 1. The zero-order valence-electron chi connectivity index (χ0n) is 17.0. The zero-order valence-corrected chi connectivity index (χ0v) is 17.8. The van der Waals surface area contributed by atoms with Crippen LogP contribution < -0.4 is 0 Å². The summed E-state index contributed by atoms with van der Waals surface area (Å²) in [4.78, 5) is 0.372. The summed E-state index contributed by atoms with van der Waals surface area (Å²) >= 11 is 0. The second-order valence-electron chi connectivity index (χ2n) is 8.28. The van der Waals surface area contributed by atoms with E-state index in [1.54, 1.807) is 16.4 Å². The third-order valence-corrected chi connectivity index (χ3v) is 8.43. The van der Waals surface area contributed by atoms with Crippen molar-refractivity contribution in [1.29, 1.82) is 0 Å². The summed E-state index contributed by atoms with van der Waals surface area (Å²) in [7, 11) is -3.60. The normalized spacial score (nSPS) is 20.7. The van der Waals surface area contributed by atoms with Crippen molar-refractivity contribution in [3.8, 4) is 0 Å². The first kappa shape index (κ1) is 19.3. The first-order valence-corrected chi connectivity index (χ1v) is 11.9. The maximum absolute atomic E-state index is 13.7. The Morgan fingerprint density at radius 2 is 1.40 bits per heavy atom. The van der Waals surface area contributed by atoms with Gasteiger partial charge in [0.1, 0.15) is 0 Å². The van der Waals surface area contributed by atoms with Crippen molar-refractivity contribution in [3.05, 3.63) is 113 Å². The average molecular weight is 416 g/mol.